The van der Waals surface area contributed by atoms with Crippen molar-refractivity contribution in [3.63, 3.8) is 0 Å². The minimum atomic E-state index is -0.316. The van der Waals surface area contributed by atoms with Gasteiger partial charge in [0.2, 0.25) is 5.91 Å². The lowest BCUT2D eigenvalue weighted by molar-refractivity contribution is -0.116. The van der Waals surface area contributed by atoms with E-state index in [1.54, 1.807) is 11.8 Å². The summed E-state index contributed by atoms with van der Waals surface area (Å²) in [5.74, 6) is 0.104. The van der Waals surface area contributed by atoms with E-state index < -0.39 is 0 Å². The lowest BCUT2D eigenvalue weighted by Crippen LogP contribution is -2.27. The normalized spacial score (nSPS) is 14.2. The summed E-state index contributed by atoms with van der Waals surface area (Å²) in [4.78, 5) is 26.2. The number of hydrogen-bond donors (Lipinski definition) is 1. The molecule has 130 valence electrons. The number of ketones is 1. The zero-order valence-electron chi connectivity index (χ0n) is 15.2. The number of amides is 1. The van der Waals surface area contributed by atoms with Gasteiger partial charge in [-0.05, 0) is 68.1 Å². The van der Waals surface area contributed by atoms with Gasteiger partial charge in [0.15, 0.2) is 5.78 Å². The smallest absolute Gasteiger partial charge is 0.223 e. The molecule has 0 fully saturated rings. The van der Waals surface area contributed by atoms with Crippen molar-refractivity contribution in [3.05, 3.63) is 58.7 Å². The van der Waals surface area contributed by atoms with E-state index in [-0.39, 0.29) is 17.7 Å². The molecule has 0 bridgehead atoms. The van der Waals surface area contributed by atoms with Gasteiger partial charge in [-0.3, -0.25) is 9.59 Å². The average molecular weight is 336 g/mol. The largest absolute Gasteiger partial charge is 0.375 e. The van der Waals surface area contributed by atoms with E-state index in [4.69, 9.17) is 0 Å². The van der Waals surface area contributed by atoms with Crippen LogP contribution < -0.4 is 10.2 Å². The summed E-state index contributed by atoms with van der Waals surface area (Å²) >= 11 is 0. The van der Waals surface area contributed by atoms with Crippen LogP contribution in [0.5, 0.6) is 0 Å². The highest BCUT2D eigenvalue weighted by Crippen LogP contribution is 2.29. The molecule has 4 nitrogen and oxygen atoms in total. The Labute approximate surface area is 148 Å². The molecule has 3 rings (SSSR count). The van der Waals surface area contributed by atoms with Crippen LogP contribution in [0.15, 0.2) is 36.4 Å². The van der Waals surface area contributed by atoms with Gasteiger partial charge < -0.3 is 10.2 Å². The zero-order chi connectivity index (χ0) is 18.1. The van der Waals surface area contributed by atoms with Crippen molar-refractivity contribution in [3.8, 4) is 0 Å². The fourth-order valence-electron chi connectivity index (χ4n) is 3.34. The molecule has 2 aromatic carbocycles. The Morgan fingerprint density at radius 3 is 2.64 bits per heavy atom. The Bertz CT molecular complexity index is 842. The number of nitrogens with one attached hydrogen (secondary N) is 1. The van der Waals surface area contributed by atoms with Crippen LogP contribution in [0, 0.1) is 13.8 Å². The molecule has 1 atom stereocenters. The fourth-order valence-corrected chi connectivity index (χ4v) is 3.34. The van der Waals surface area contributed by atoms with E-state index >= 15 is 0 Å². The van der Waals surface area contributed by atoms with E-state index in [2.05, 4.69) is 25.2 Å². The molecule has 25 heavy (non-hydrogen) atoms. The summed E-state index contributed by atoms with van der Waals surface area (Å²) in [5, 5.41) is 3.33. The van der Waals surface area contributed by atoms with Gasteiger partial charge in [-0.2, -0.15) is 0 Å². The maximum Gasteiger partial charge on any atom is 0.223 e. The third kappa shape index (κ3) is 3.29. The average Bonchev–Trinajstić information content (AvgIpc) is 3.01. The first-order valence-corrected chi connectivity index (χ1v) is 8.66. The van der Waals surface area contributed by atoms with Crippen molar-refractivity contribution in [1.29, 1.82) is 0 Å². The SMILES string of the molecule is CC(=O)N1CCc2cc(C(=O)C(C)Nc3cccc(C)c3C)ccc21. The highest BCUT2D eigenvalue weighted by atomic mass is 16.2. The van der Waals surface area contributed by atoms with Crippen molar-refractivity contribution in [2.75, 3.05) is 16.8 Å². The first-order valence-electron chi connectivity index (χ1n) is 8.66. The quantitative estimate of drug-likeness (QED) is 0.862. The molecular weight excluding hydrogens is 312 g/mol. The minimum absolute atomic E-state index is 0.0442. The number of rotatable bonds is 4. The molecule has 1 heterocycles. The Hall–Kier alpha value is -2.62. The highest BCUT2D eigenvalue weighted by molar-refractivity contribution is 6.03. The van der Waals surface area contributed by atoms with Gasteiger partial charge in [0.1, 0.15) is 0 Å². The number of Topliss-reactive ketones (excluding diaryl/α,β-unsaturated/α-hetero) is 1. The Balaban J connectivity index is 1.79. The number of fused-ring (bicyclic) bond motifs is 1. The molecule has 2 aromatic rings. The zero-order valence-corrected chi connectivity index (χ0v) is 15.2. The lowest BCUT2D eigenvalue weighted by Gasteiger charge is -2.18. The molecular formula is C21H24N2O2. The number of hydrogen-bond acceptors (Lipinski definition) is 3. The minimum Gasteiger partial charge on any atom is -0.375 e. The van der Waals surface area contributed by atoms with Gasteiger partial charge in [-0.1, -0.05) is 12.1 Å². The van der Waals surface area contributed by atoms with Crippen LogP contribution in [0.3, 0.4) is 0 Å². The summed E-state index contributed by atoms with van der Waals surface area (Å²) in [5.41, 5.74) is 6.04. The van der Waals surface area contributed by atoms with E-state index in [1.165, 1.54) is 5.56 Å². The Kier molecular flexibility index (Phi) is 4.62. The van der Waals surface area contributed by atoms with Crippen molar-refractivity contribution >= 4 is 23.1 Å². The molecule has 0 radical (unpaired) electrons. The van der Waals surface area contributed by atoms with Crippen molar-refractivity contribution in [2.24, 2.45) is 0 Å². The first kappa shape index (κ1) is 17.2. The van der Waals surface area contributed by atoms with Crippen molar-refractivity contribution in [2.45, 2.75) is 40.2 Å². The monoisotopic (exact) mass is 336 g/mol. The van der Waals surface area contributed by atoms with E-state index in [0.717, 1.165) is 28.9 Å². The Morgan fingerprint density at radius 1 is 1.16 bits per heavy atom. The lowest BCUT2D eigenvalue weighted by atomic mass is 10.0. The second-order valence-electron chi connectivity index (χ2n) is 6.74. The molecule has 0 saturated carbocycles. The van der Waals surface area contributed by atoms with Crippen molar-refractivity contribution in [1.82, 2.24) is 0 Å². The molecule has 4 heteroatoms. The summed E-state index contributed by atoms with van der Waals surface area (Å²) in [6, 6.07) is 11.4. The number of aryl methyl sites for hydroxylation is 1. The van der Waals surface area contributed by atoms with Crippen LogP contribution in [0.1, 0.15) is 40.9 Å². The fraction of sp³-hybridized carbons (Fsp3) is 0.333. The van der Waals surface area contributed by atoms with E-state index in [0.29, 0.717) is 12.1 Å². The van der Waals surface area contributed by atoms with Crippen molar-refractivity contribution < 1.29 is 9.59 Å². The number of benzene rings is 2. The second-order valence-corrected chi connectivity index (χ2v) is 6.74. The Morgan fingerprint density at radius 2 is 1.92 bits per heavy atom. The molecule has 1 unspecified atom stereocenters. The van der Waals surface area contributed by atoms with E-state index in [9.17, 15) is 9.59 Å². The van der Waals surface area contributed by atoms with Crippen LogP contribution in [0.4, 0.5) is 11.4 Å². The maximum atomic E-state index is 12.8. The van der Waals surface area contributed by atoms with Gasteiger partial charge in [0.05, 0.1) is 6.04 Å². The maximum absolute atomic E-state index is 12.8. The predicted molar refractivity (Wildman–Crippen MR) is 102 cm³/mol. The molecule has 1 aliphatic rings. The standard InChI is InChI=1S/C21H24N2O2/c1-13-6-5-7-19(14(13)2)22-15(3)21(25)18-8-9-20-17(12-18)10-11-23(20)16(4)24/h5-9,12,15,22H,10-11H2,1-4H3. The van der Waals surface area contributed by atoms with Gasteiger partial charge in [0, 0.05) is 30.4 Å². The van der Waals surface area contributed by atoms with Crippen LogP contribution in [0.2, 0.25) is 0 Å². The molecule has 1 N–H and O–H groups in total. The predicted octanol–water partition coefficient (Wildman–Crippen LogP) is 3.90. The van der Waals surface area contributed by atoms with Gasteiger partial charge >= 0.3 is 0 Å². The van der Waals surface area contributed by atoms with Crippen LogP contribution in [0.25, 0.3) is 0 Å². The third-order valence-electron chi connectivity index (χ3n) is 5.01. The molecule has 0 saturated heterocycles. The molecule has 0 spiro atoms. The first-order chi connectivity index (χ1) is 11.9. The molecule has 0 aromatic heterocycles. The number of nitrogens with zero attached hydrogens (tertiary/aromatic N) is 1. The summed E-state index contributed by atoms with van der Waals surface area (Å²) in [6.45, 7) is 8.27. The topological polar surface area (TPSA) is 49.4 Å². The number of carbonyl (C=O) groups excluding carboxylic acids is 2. The second kappa shape index (κ2) is 6.71. The van der Waals surface area contributed by atoms with Crippen LogP contribution in [-0.4, -0.2) is 24.3 Å². The van der Waals surface area contributed by atoms with Crippen LogP contribution >= 0.6 is 0 Å². The number of carbonyl (C=O) groups is 2. The molecule has 0 aliphatic carbocycles. The van der Waals surface area contributed by atoms with Gasteiger partial charge in [-0.25, -0.2) is 0 Å². The van der Waals surface area contributed by atoms with Crippen LogP contribution in [-0.2, 0) is 11.2 Å². The summed E-state index contributed by atoms with van der Waals surface area (Å²) < 4.78 is 0. The highest BCUT2D eigenvalue weighted by Gasteiger charge is 2.24. The summed E-state index contributed by atoms with van der Waals surface area (Å²) in [6.07, 6.45) is 0.800. The van der Waals surface area contributed by atoms with E-state index in [1.807, 2.05) is 37.3 Å². The molecule has 1 amide bonds. The molecule has 1 aliphatic heterocycles. The summed E-state index contributed by atoms with van der Waals surface area (Å²) in [7, 11) is 0. The third-order valence-corrected chi connectivity index (χ3v) is 5.01. The van der Waals surface area contributed by atoms with Gasteiger partial charge in [0.25, 0.3) is 0 Å². The van der Waals surface area contributed by atoms with Gasteiger partial charge in [-0.15, -0.1) is 0 Å². The number of anilines is 2.